The average Bonchev–Trinajstić information content (AvgIpc) is 3.08. The van der Waals surface area contributed by atoms with Crippen molar-refractivity contribution in [1.82, 2.24) is 9.21 Å². The van der Waals surface area contributed by atoms with E-state index in [4.69, 9.17) is 14.2 Å². The number of carbonyl (C=O) groups is 1. The van der Waals surface area contributed by atoms with Gasteiger partial charge in [0.2, 0.25) is 10.0 Å². The second-order valence-electron chi connectivity index (χ2n) is 7.96. The minimum Gasteiger partial charge on any atom is -0.490 e. The molecule has 182 valence electrons. The lowest BCUT2D eigenvalue weighted by Gasteiger charge is -2.34. The van der Waals surface area contributed by atoms with E-state index in [1.807, 2.05) is 0 Å². The molecule has 1 amide bonds. The third-order valence-corrected chi connectivity index (χ3v) is 7.51. The molecule has 12 heteroatoms. The Balaban J connectivity index is 1.36. The Hall–Kier alpha value is -3.38. The number of hydrogen-bond donors (Lipinski definition) is 0. The van der Waals surface area contributed by atoms with Crippen molar-refractivity contribution in [1.29, 1.82) is 0 Å². The van der Waals surface area contributed by atoms with E-state index in [9.17, 15) is 23.3 Å². The van der Waals surface area contributed by atoms with Gasteiger partial charge in [0.25, 0.3) is 5.91 Å². The molecule has 0 atom stereocenters. The van der Waals surface area contributed by atoms with E-state index in [0.717, 1.165) is 0 Å². The molecule has 0 unspecified atom stereocenters. The number of hydrogen-bond acceptors (Lipinski definition) is 8. The number of benzene rings is 2. The van der Waals surface area contributed by atoms with Crippen molar-refractivity contribution in [2.24, 2.45) is 0 Å². The van der Waals surface area contributed by atoms with Gasteiger partial charge >= 0.3 is 5.69 Å². The van der Waals surface area contributed by atoms with E-state index in [0.29, 0.717) is 36.7 Å². The molecule has 0 saturated carbocycles. The van der Waals surface area contributed by atoms with Crippen LogP contribution in [-0.4, -0.2) is 74.5 Å². The lowest BCUT2D eigenvalue weighted by Crippen LogP contribution is -2.51. The number of rotatable bonds is 6. The summed E-state index contributed by atoms with van der Waals surface area (Å²) in [6.07, 6.45) is 0.716. The van der Waals surface area contributed by atoms with Crippen molar-refractivity contribution in [2.45, 2.75) is 18.2 Å². The number of sulfonamides is 1. The fourth-order valence-electron chi connectivity index (χ4n) is 3.75. The van der Waals surface area contributed by atoms with Crippen LogP contribution in [0.1, 0.15) is 12.0 Å². The summed E-state index contributed by atoms with van der Waals surface area (Å²) in [4.78, 5) is 24.8. The Morgan fingerprint density at radius 2 is 1.76 bits per heavy atom. The van der Waals surface area contributed by atoms with Crippen molar-refractivity contribution in [3.8, 4) is 17.2 Å². The van der Waals surface area contributed by atoms with Crippen LogP contribution in [-0.2, 0) is 14.8 Å². The zero-order valence-corrected chi connectivity index (χ0v) is 19.5. The molecule has 2 aliphatic heterocycles. The molecular weight excluding hydrogens is 466 g/mol. The topological polar surface area (TPSA) is 129 Å². The first kappa shape index (κ1) is 23.8. The van der Waals surface area contributed by atoms with Gasteiger partial charge in [0.15, 0.2) is 23.9 Å². The van der Waals surface area contributed by atoms with Crippen molar-refractivity contribution < 1.29 is 32.3 Å². The van der Waals surface area contributed by atoms with Crippen LogP contribution in [0, 0.1) is 17.0 Å². The van der Waals surface area contributed by atoms with Crippen LogP contribution in [0.25, 0.3) is 0 Å². The fraction of sp³-hybridized carbons (Fsp3) is 0.409. The minimum absolute atomic E-state index is 0.0135. The molecule has 0 N–H and O–H groups in total. The van der Waals surface area contributed by atoms with Gasteiger partial charge in [-0.1, -0.05) is 6.07 Å². The molecule has 0 aliphatic carbocycles. The summed E-state index contributed by atoms with van der Waals surface area (Å²) < 4.78 is 44.1. The molecule has 0 radical (unpaired) electrons. The van der Waals surface area contributed by atoms with E-state index in [2.05, 4.69) is 0 Å². The number of piperazine rings is 1. The van der Waals surface area contributed by atoms with Crippen LogP contribution in [0.3, 0.4) is 0 Å². The summed E-state index contributed by atoms with van der Waals surface area (Å²) in [6.45, 7) is 2.91. The van der Waals surface area contributed by atoms with Gasteiger partial charge in [0, 0.05) is 44.7 Å². The number of ether oxygens (including phenoxy) is 3. The molecule has 1 saturated heterocycles. The second-order valence-corrected chi connectivity index (χ2v) is 9.90. The Bertz CT molecular complexity index is 1190. The van der Waals surface area contributed by atoms with E-state index in [1.165, 1.54) is 33.5 Å². The first-order chi connectivity index (χ1) is 16.3. The number of nitrogens with zero attached hydrogens (tertiary/aromatic N) is 3. The van der Waals surface area contributed by atoms with E-state index in [-0.39, 0.29) is 55.0 Å². The molecule has 2 aromatic carbocycles. The van der Waals surface area contributed by atoms with E-state index < -0.39 is 14.9 Å². The summed E-state index contributed by atoms with van der Waals surface area (Å²) in [7, 11) is -3.78. The Morgan fingerprint density at radius 1 is 1.06 bits per heavy atom. The minimum atomic E-state index is -3.78. The van der Waals surface area contributed by atoms with Gasteiger partial charge in [-0.2, -0.15) is 4.31 Å². The summed E-state index contributed by atoms with van der Waals surface area (Å²) in [5.74, 6) is 0.553. The highest BCUT2D eigenvalue weighted by molar-refractivity contribution is 7.89. The Morgan fingerprint density at radius 3 is 2.47 bits per heavy atom. The van der Waals surface area contributed by atoms with Crippen LogP contribution in [0.15, 0.2) is 41.3 Å². The standard InChI is InChI=1S/C22H25N3O8S/c1-16-3-5-19(18(13-16)25(27)28)33-15-22(26)23-7-9-24(10-8-23)34(29,30)17-4-6-20-21(14-17)32-12-2-11-31-20/h3-6,13-14H,2,7-12,15H2,1H3. The molecule has 0 aromatic heterocycles. The molecule has 2 aromatic rings. The number of fused-ring (bicyclic) bond motifs is 1. The number of amides is 1. The maximum absolute atomic E-state index is 13.1. The van der Waals surface area contributed by atoms with Gasteiger partial charge in [0.1, 0.15) is 0 Å². The van der Waals surface area contributed by atoms with Crippen molar-refractivity contribution in [2.75, 3.05) is 46.0 Å². The Kier molecular flexibility index (Phi) is 6.89. The van der Waals surface area contributed by atoms with Crippen LogP contribution in [0.5, 0.6) is 17.2 Å². The largest absolute Gasteiger partial charge is 0.490 e. The van der Waals surface area contributed by atoms with Crippen LogP contribution in [0.4, 0.5) is 5.69 Å². The number of aryl methyl sites for hydroxylation is 1. The maximum atomic E-state index is 13.1. The monoisotopic (exact) mass is 491 g/mol. The average molecular weight is 492 g/mol. The normalized spacial score (nSPS) is 16.6. The van der Waals surface area contributed by atoms with E-state index >= 15 is 0 Å². The molecule has 1 fully saturated rings. The molecule has 4 rings (SSSR count). The van der Waals surface area contributed by atoms with Crippen molar-refractivity contribution in [3.63, 3.8) is 0 Å². The molecule has 34 heavy (non-hydrogen) atoms. The predicted octanol–water partition coefficient (Wildman–Crippen LogP) is 1.98. The first-order valence-electron chi connectivity index (χ1n) is 10.8. The molecule has 0 spiro atoms. The zero-order chi connectivity index (χ0) is 24.3. The van der Waals surface area contributed by atoms with Gasteiger partial charge in [-0.15, -0.1) is 0 Å². The van der Waals surface area contributed by atoms with Gasteiger partial charge < -0.3 is 19.1 Å². The number of carbonyl (C=O) groups excluding carboxylic acids is 1. The first-order valence-corrected chi connectivity index (χ1v) is 12.2. The van der Waals surface area contributed by atoms with Gasteiger partial charge in [0.05, 0.1) is 23.0 Å². The molecular formula is C22H25N3O8S. The third-order valence-electron chi connectivity index (χ3n) is 5.61. The Labute approximate surface area is 197 Å². The molecule has 0 bridgehead atoms. The molecule has 2 heterocycles. The van der Waals surface area contributed by atoms with Gasteiger partial charge in [-0.25, -0.2) is 8.42 Å². The summed E-state index contributed by atoms with van der Waals surface area (Å²) in [6, 6.07) is 9.05. The smallest absolute Gasteiger partial charge is 0.311 e. The van der Waals surface area contributed by atoms with Crippen LogP contribution < -0.4 is 14.2 Å². The fourth-order valence-corrected chi connectivity index (χ4v) is 5.19. The summed E-state index contributed by atoms with van der Waals surface area (Å²) in [5, 5.41) is 11.2. The quantitative estimate of drug-likeness (QED) is 0.443. The van der Waals surface area contributed by atoms with Crippen molar-refractivity contribution in [3.05, 3.63) is 52.1 Å². The highest BCUT2D eigenvalue weighted by Gasteiger charge is 2.31. The maximum Gasteiger partial charge on any atom is 0.311 e. The highest BCUT2D eigenvalue weighted by Crippen LogP contribution is 2.33. The zero-order valence-electron chi connectivity index (χ0n) is 18.6. The third kappa shape index (κ3) is 5.07. The second kappa shape index (κ2) is 9.85. The molecule has 11 nitrogen and oxygen atoms in total. The number of nitro benzene ring substituents is 1. The predicted molar refractivity (Wildman–Crippen MR) is 121 cm³/mol. The SMILES string of the molecule is Cc1ccc(OCC(=O)N2CCN(S(=O)(=O)c3ccc4c(c3)OCCCO4)CC2)c([N+](=O)[O-])c1. The van der Waals surface area contributed by atoms with Gasteiger partial charge in [-0.3, -0.25) is 14.9 Å². The van der Waals surface area contributed by atoms with E-state index in [1.54, 1.807) is 19.1 Å². The van der Waals surface area contributed by atoms with Crippen LogP contribution >= 0.6 is 0 Å². The van der Waals surface area contributed by atoms with Crippen molar-refractivity contribution >= 4 is 21.6 Å². The lowest BCUT2D eigenvalue weighted by molar-refractivity contribution is -0.385. The number of nitro groups is 1. The molecule has 2 aliphatic rings. The van der Waals surface area contributed by atoms with Gasteiger partial charge in [-0.05, 0) is 30.7 Å². The lowest BCUT2D eigenvalue weighted by atomic mass is 10.2. The highest BCUT2D eigenvalue weighted by atomic mass is 32.2. The summed E-state index contributed by atoms with van der Waals surface area (Å²) in [5.41, 5.74) is 0.495. The summed E-state index contributed by atoms with van der Waals surface area (Å²) >= 11 is 0. The van der Waals surface area contributed by atoms with Crippen LogP contribution in [0.2, 0.25) is 0 Å².